The Labute approximate surface area is 131 Å². The molecule has 0 atom stereocenters. The Bertz CT molecular complexity index is 646. The van der Waals surface area contributed by atoms with Crippen LogP contribution in [0.5, 0.6) is 0 Å². The first-order chi connectivity index (χ1) is 10.7. The fourth-order valence-corrected chi connectivity index (χ4v) is 2.72. The van der Waals surface area contributed by atoms with Gasteiger partial charge in [-0.15, -0.1) is 0 Å². The molecular formula is C18H21N3O. The fraction of sp³-hybridized carbons (Fsp3) is 0.333. The summed E-state index contributed by atoms with van der Waals surface area (Å²) in [6.45, 7) is 3.76. The van der Waals surface area contributed by atoms with Crippen LogP contribution >= 0.6 is 0 Å². The van der Waals surface area contributed by atoms with Gasteiger partial charge in [-0.25, -0.2) is 4.98 Å². The van der Waals surface area contributed by atoms with Crippen molar-refractivity contribution in [3.05, 3.63) is 53.9 Å². The molecule has 3 rings (SSSR count). The molecule has 1 aromatic carbocycles. The van der Waals surface area contributed by atoms with Crippen molar-refractivity contribution in [3.8, 4) is 0 Å². The highest BCUT2D eigenvalue weighted by Gasteiger charge is 2.18. The number of aryl methyl sites for hydroxylation is 1. The Morgan fingerprint density at radius 1 is 1.09 bits per heavy atom. The molecule has 4 heteroatoms. The van der Waals surface area contributed by atoms with Gasteiger partial charge in [0.05, 0.1) is 11.9 Å². The molecule has 114 valence electrons. The number of benzene rings is 1. The number of anilines is 2. The zero-order valence-corrected chi connectivity index (χ0v) is 12.9. The molecule has 0 aliphatic carbocycles. The quantitative estimate of drug-likeness (QED) is 0.937. The van der Waals surface area contributed by atoms with Crippen LogP contribution in [0.1, 0.15) is 35.3 Å². The first-order valence-corrected chi connectivity index (χ1v) is 7.82. The third-order valence-electron chi connectivity index (χ3n) is 4.05. The maximum absolute atomic E-state index is 12.4. The Morgan fingerprint density at radius 2 is 1.86 bits per heavy atom. The van der Waals surface area contributed by atoms with E-state index in [1.54, 1.807) is 12.3 Å². The van der Waals surface area contributed by atoms with E-state index < -0.39 is 0 Å². The SMILES string of the molecule is Cc1ccccc1Nc1ccc(C(=O)N2CCCCC2)nc1. The predicted octanol–water partition coefficient (Wildman–Crippen LogP) is 3.76. The lowest BCUT2D eigenvalue weighted by atomic mass is 10.1. The van der Waals surface area contributed by atoms with E-state index in [9.17, 15) is 4.79 Å². The van der Waals surface area contributed by atoms with E-state index in [2.05, 4.69) is 23.3 Å². The van der Waals surface area contributed by atoms with E-state index in [0.717, 1.165) is 37.3 Å². The van der Waals surface area contributed by atoms with Gasteiger partial charge in [0, 0.05) is 18.8 Å². The molecule has 1 aromatic heterocycles. The molecule has 1 saturated heterocycles. The van der Waals surface area contributed by atoms with Gasteiger partial charge in [0.1, 0.15) is 5.69 Å². The number of para-hydroxylation sites is 1. The van der Waals surface area contributed by atoms with E-state index in [0.29, 0.717) is 5.69 Å². The normalized spacial score (nSPS) is 14.7. The Kier molecular flexibility index (Phi) is 4.37. The Morgan fingerprint density at radius 3 is 2.55 bits per heavy atom. The maximum Gasteiger partial charge on any atom is 0.272 e. The molecule has 0 saturated carbocycles. The van der Waals surface area contributed by atoms with Gasteiger partial charge < -0.3 is 10.2 Å². The summed E-state index contributed by atoms with van der Waals surface area (Å²) in [6, 6.07) is 11.8. The summed E-state index contributed by atoms with van der Waals surface area (Å²) in [5, 5.41) is 3.33. The molecule has 1 aliphatic heterocycles. The van der Waals surface area contributed by atoms with E-state index in [1.165, 1.54) is 12.0 Å². The molecule has 2 aromatic rings. The van der Waals surface area contributed by atoms with Gasteiger partial charge in [0.15, 0.2) is 0 Å². The number of rotatable bonds is 3. The highest BCUT2D eigenvalue weighted by molar-refractivity contribution is 5.92. The van der Waals surface area contributed by atoms with Crippen LogP contribution in [0.25, 0.3) is 0 Å². The molecule has 1 N–H and O–H groups in total. The first-order valence-electron chi connectivity index (χ1n) is 7.82. The van der Waals surface area contributed by atoms with Crippen LogP contribution in [0.15, 0.2) is 42.6 Å². The number of hydrogen-bond acceptors (Lipinski definition) is 3. The minimum absolute atomic E-state index is 0.0436. The van der Waals surface area contributed by atoms with Crippen molar-refractivity contribution in [2.45, 2.75) is 26.2 Å². The maximum atomic E-state index is 12.4. The third-order valence-corrected chi connectivity index (χ3v) is 4.05. The number of piperidine rings is 1. The van der Waals surface area contributed by atoms with Gasteiger partial charge in [0.2, 0.25) is 0 Å². The summed E-state index contributed by atoms with van der Waals surface area (Å²) < 4.78 is 0. The molecule has 1 aliphatic rings. The second kappa shape index (κ2) is 6.60. The number of amides is 1. The lowest BCUT2D eigenvalue weighted by molar-refractivity contribution is 0.0718. The van der Waals surface area contributed by atoms with Crippen molar-refractivity contribution in [3.63, 3.8) is 0 Å². The summed E-state index contributed by atoms with van der Waals surface area (Å²) in [5.41, 5.74) is 3.65. The topological polar surface area (TPSA) is 45.2 Å². The number of nitrogens with zero attached hydrogens (tertiary/aromatic N) is 2. The summed E-state index contributed by atoms with van der Waals surface area (Å²) in [4.78, 5) is 18.6. The number of pyridine rings is 1. The molecular weight excluding hydrogens is 274 g/mol. The molecule has 0 radical (unpaired) electrons. The van der Waals surface area contributed by atoms with Gasteiger partial charge in [-0.3, -0.25) is 4.79 Å². The van der Waals surface area contributed by atoms with E-state index in [-0.39, 0.29) is 5.91 Å². The number of carbonyl (C=O) groups excluding carboxylic acids is 1. The van der Waals surface area contributed by atoms with Crippen molar-refractivity contribution < 1.29 is 4.79 Å². The van der Waals surface area contributed by atoms with Crippen LogP contribution in [0, 0.1) is 6.92 Å². The van der Waals surface area contributed by atoms with E-state index in [1.807, 2.05) is 29.2 Å². The molecule has 0 unspecified atom stereocenters. The smallest absolute Gasteiger partial charge is 0.272 e. The zero-order chi connectivity index (χ0) is 15.4. The Hall–Kier alpha value is -2.36. The third kappa shape index (κ3) is 3.27. The number of nitrogens with one attached hydrogen (secondary N) is 1. The van der Waals surface area contributed by atoms with E-state index >= 15 is 0 Å². The van der Waals surface area contributed by atoms with Crippen molar-refractivity contribution in [1.82, 2.24) is 9.88 Å². The molecule has 1 amide bonds. The number of likely N-dealkylation sites (tertiary alicyclic amines) is 1. The summed E-state index contributed by atoms with van der Waals surface area (Å²) in [6.07, 6.45) is 5.14. The average Bonchev–Trinajstić information content (AvgIpc) is 2.58. The van der Waals surface area contributed by atoms with Crippen LogP contribution < -0.4 is 5.32 Å². The van der Waals surface area contributed by atoms with Gasteiger partial charge in [-0.05, 0) is 49.9 Å². The van der Waals surface area contributed by atoms with Crippen molar-refractivity contribution in [2.75, 3.05) is 18.4 Å². The van der Waals surface area contributed by atoms with Crippen LogP contribution in [0.4, 0.5) is 11.4 Å². The summed E-state index contributed by atoms with van der Waals surface area (Å²) >= 11 is 0. The minimum atomic E-state index is 0.0436. The first kappa shape index (κ1) is 14.6. The van der Waals surface area contributed by atoms with Gasteiger partial charge >= 0.3 is 0 Å². The van der Waals surface area contributed by atoms with E-state index in [4.69, 9.17) is 0 Å². The van der Waals surface area contributed by atoms with Gasteiger partial charge in [0.25, 0.3) is 5.91 Å². The minimum Gasteiger partial charge on any atom is -0.354 e. The monoisotopic (exact) mass is 295 g/mol. The molecule has 1 fully saturated rings. The van der Waals surface area contributed by atoms with Crippen molar-refractivity contribution >= 4 is 17.3 Å². The van der Waals surface area contributed by atoms with Crippen molar-refractivity contribution in [1.29, 1.82) is 0 Å². The standard InChI is InChI=1S/C18H21N3O/c1-14-7-3-4-8-16(14)20-15-9-10-17(19-13-15)18(22)21-11-5-2-6-12-21/h3-4,7-10,13,20H,2,5-6,11-12H2,1H3. The molecule has 4 nitrogen and oxygen atoms in total. The number of aromatic nitrogens is 1. The number of carbonyl (C=O) groups is 1. The van der Waals surface area contributed by atoms with Crippen molar-refractivity contribution in [2.24, 2.45) is 0 Å². The summed E-state index contributed by atoms with van der Waals surface area (Å²) in [7, 11) is 0. The Balaban J connectivity index is 1.70. The highest BCUT2D eigenvalue weighted by Crippen LogP contribution is 2.20. The highest BCUT2D eigenvalue weighted by atomic mass is 16.2. The lowest BCUT2D eigenvalue weighted by Crippen LogP contribution is -2.36. The van der Waals surface area contributed by atoms with Crippen LogP contribution in [0.3, 0.4) is 0 Å². The molecule has 0 spiro atoms. The van der Waals surface area contributed by atoms with Crippen LogP contribution in [-0.2, 0) is 0 Å². The predicted molar refractivity (Wildman–Crippen MR) is 88.5 cm³/mol. The number of hydrogen-bond donors (Lipinski definition) is 1. The molecule has 22 heavy (non-hydrogen) atoms. The average molecular weight is 295 g/mol. The second-order valence-electron chi connectivity index (χ2n) is 5.72. The largest absolute Gasteiger partial charge is 0.354 e. The fourth-order valence-electron chi connectivity index (χ4n) is 2.72. The van der Waals surface area contributed by atoms with Crippen LogP contribution in [-0.4, -0.2) is 28.9 Å². The second-order valence-corrected chi connectivity index (χ2v) is 5.72. The summed E-state index contributed by atoms with van der Waals surface area (Å²) in [5.74, 6) is 0.0436. The zero-order valence-electron chi connectivity index (χ0n) is 12.9. The van der Waals surface area contributed by atoms with Gasteiger partial charge in [-0.1, -0.05) is 18.2 Å². The van der Waals surface area contributed by atoms with Gasteiger partial charge in [-0.2, -0.15) is 0 Å². The molecule has 0 bridgehead atoms. The van der Waals surface area contributed by atoms with Crippen LogP contribution in [0.2, 0.25) is 0 Å². The molecule has 2 heterocycles. The lowest BCUT2D eigenvalue weighted by Gasteiger charge is -2.26.